The maximum Gasteiger partial charge on any atom is 0.362 e. The highest BCUT2D eigenvalue weighted by Gasteiger charge is 2.31. The van der Waals surface area contributed by atoms with E-state index in [0.29, 0.717) is 19.3 Å². The summed E-state index contributed by atoms with van der Waals surface area (Å²) in [5, 5.41) is 9.66. The minimum absolute atomic E-state index is 0.0556. The molecule has 2 unspecified atom stereocenters. The number of unbranched alkanes of at least 4 members (excludes halogenated alkanes) is 31. The van der Waals surface area contributed by atoms with Gasteiger partial charge in [0.25, 0.3) is 0 Å². The van der Waals surface area contributed by atoms with Crippen molar-refractivity contribution in [3.8, 4) is 0 Å². The summed E-state index contributed by atoms with van der Waals surface area (Å²) in [5.41, 5.74) is 0. The number of carboxylic acids is 1. The van der Waals surface area contributed by atoms with Crippen LogP contribution in [0.5, 0.6) is 0 Å². The number of rotatable bonds is 49. The average molecular weight is 903 g/mol. The number of carbonyl (C=O) groups excluding carboxylic acids is 2. The Kier molecular flexibility index (Phi) is 45.3. The van der Waals surface area contributed by atoms with Crippen LogP contribution in [0.4, 0.5) is 0 Å². The third-order valence-electron chi connectivity index (χ3n) is 12.4. The molecule has 0 saturated heterocycles. The molecule has 64 heavy (non-hydrogen) atoms. The molecule has 1 N–H and O–H groups in total. The molecule has 0 saturated carbocycles. The van der Waals surface area contributed by atoms with Crippen LogP contribution in [0.1, 0.15) is 251 Å². The molecule has 0 aromatic rings. The zero-order valence-corrected chi connectivity index (χ0v) is 42.7. The standard InChI is InChI=1S/C56H103NO7/c1-6-8-10-12-14-16-18-20-22-24-26-27-28-29-31-32-34-36-38-40-42-44-46-54(58)63-51-52(50-62-49-48-53(56(60)61)57(3,4)5)64-55(59)47-45-43-41-39-37-35-33-30-25-23-21-19-17-15-13-11-9-7-2/h19,21,23,25,30,33,52-53H,6-18,20,22,24,26-29,31-32,34-51H2,1-5H3/p+1/b21-19+,25-23+,33-30+. The fourth-order valence-electron chi connectivity index (χ4n) is 8.15. The van der Waals surface area contributed by atoms with Crippen LogP contribution in [0.2, 0.25) is 0 Å². The first-order chi connectivity index (χ1) is 31.1. The number of nitrogens with zero attached hydrogens (tertiary/aromatic N) is 1. The van der Waals surface area contributed by atoms with Crippen LogP contribution in [-0.4, -0.2) is 80.6 Å². The molecule has 0 amide bonds. The van der Waals surface area contributed by atoms with Crippen LogP contribution in [-0.2, 0) is 28.6 Å². The quantitative estimate of drug-likeness (QED) is 0.0281. The van der Waals surface area contributed by atoms with E-state index in [0.717, 1.165) is 64.2 Å². The van der Waals surface area contributed by atoms with Gasteiger partial charge in [-0.3, -0.25) is 9.59 Å². The van der Waals surface area contributed by atoms with Crippen molar-refractivity contribution in [1.29, 1.82) is 0 Å². The molecule has 0 aliphatic heterocycles. The Hall–Kier alpha value is -2.45. The van der Waals surface area contributed by atoms with Crippen LogP contribution in [0, 0.1) is 0 Å². The van der Waals surface area contributed by atoms with Gasteiger partial charge in [0, 0.05) is 19.3 Å². The third-order valence-corrected chi connectivity index (χ3v) is 12.4. The smallest absolute Gasteiger partial charge is 0.362 e. The van der Waals surface area contributed by atoms with Gasteiger partial charge >= 0.3 is 17.9 Å². The number of ether oxygens (including phenoxy) is 3. The second-order valence-electron chi connectivity index (χ2n) is 19.6. The van der Waals surface area contributed by atoms with Gasteiger partial charge in [-0.15, -0.1) is 0 Å². The molecule has 0 spiro atoms. The molecule has 0 aromatic heterocycles. The number of likely N-dealkylation sites (N-methyl/N-ethyl adjacent to an activating group) is 1. The molecule has 0 heterocycles. The molecule has 0 aromatic carbocycles. The molecule has 0 aliphatic rings. The molecule has 0 aliphatic carbocycles. The topological polar surface area (TPSA) is 99.1 Å². The molecule has 8 heteroatoms. The van der Waals surface area contributed by atoms with E-state index in [9.17, 15) is 19.5 Å². The van der Waals surface area contributed by atoms with Gasteiger partial charge in [0.2, 0.25) is 0 Å². The number of quaternary nitrogens is 1. The second kappa shape index (κ2) is 47.1. The summed E-state index contributed by atoms with van der Waals surface area (Å²) < 4.78 is 17.4. The SMILES string of the molecule is CCCCCCC/C=C/C=C/C=C/CCCCCCCC(=O)OC(COCCC(C(=O)O)[N+](C)(C)C)COC(=O)CCCCCCCCCCCCCCCCCCCCCCCC. The number of esters is 2. The van der Waals surface area contributed by atoms with Crippen molar-refractivity contribution in [3.05, 3.63) is 36.5 Å². The van der Waals surface area contributed by atoms with Gasteiger partial charge in [-0.25, -0.2) is 4.79 Å². The first kappa shape index (κ1) is 61.5. The van der Waals surface area contributed by atoms with E-state index in [4.69, 9.17) is 14.2 Å². The van der Waals surface area contributed by atoms with E-state index in [1.807, 2.05) is 21.1 Å². The van der Waals surface area contributed by atoms with Gasteiger partial charge in [0.15, 0.2) is 12.1 Å². The predicted molar refractivity (Wildman–Crippen MR) is 271 cm³/mol. The summed E-state index contributed by atoms with van der Waals surface area (Å²) in [6, 6.07) is -0.618. The predicted octanol–water partition coefficient (Wildman–Crippen LogP) is 15.8. The maximum absolute atomic E-state index is 12.8. The van der Waals surface area contributed by atoms with Gasteiger partial charge in [-0.1, -0.05) is 230 Å². The van der Waals surface area contributed by atoms with Gasteiger partial charge in [-0.2, -0.15) is 0 Å². The second-order valence-corrected chi connectivity index (χ2v) is 19.6. The summed E-state index contributed by atoms with van der Waals surface area (Å²) in [6.07, 6.45) is 56.3. The molecule has 0 bridgehead atoms. The summed E-state index contributed by atoms with van der Waals surface area (Å²) >= 11 is 0. The van der Waals surface area contributed by atoms with Crippen molar-refractivity contribution < 1.29 is 38.2 Å². The molecular weight excluding hydrogens is 799 g/mol. The third kappa shape index (κ3) is 44.7. The van der Waals surface area contributed by atoms with E-state index >= 15 is 0 Å². The lowest BCUT2D eigenvalue weighted by atomic mass is 10.0. The summed E-state index contributed by atoms with van der Waals surface area (Å²) in [5.74, 6) is -1.48. The average Bonchev–Trinajstić information content (AvgIpc) is 3.26. The highest BCUT2D eigenvalue weighted by Crippen LogP contribution is 2.17. The normalized spacial score (nSPS) is 13.1. The monoisotopic (exact) mass is 903 g/mol. The Bertz CT molecular complexity index is 1140. The summed E-state index contributed by atoms with van der Waals surface area (Å²) in [7, 11) is 5.54. The Labute approximate surface area is 395 Å². The number of allylic oxidation sites excluding steroid dienone is 6. The van der Waals surface area contributed by atoms with Gasteiger partial charge in [-0.05, 0) is 38.5 Å². The van der Waals surface area contributed by atoms with Crippen molar-refractivity contribution in [2.75, 3.05) is 41.0 Å². The largest absolute Gasteiger partial charge is 0.477 e. The number of carboxylic acid groups (broad SMARTS) is 1. The lowest BCUT2D eigenvalue weighted by Crippen LogP contribution is -2.50. The van der Waals surface area contributed by atoms with Crippen molar-refractivity contribution in [1.82, 2.24) is 0 Å². The lowest BCUT2D eigenvalue weighted by molar-refractivity contribution is -0.887. The maximum atomic E-state index is 12.8. The fraction of sp³-hybridized carbons (Fsp3) is 0.839. The zero-order valence-electron chi connectivity index (χ0n) is 42.7. The molecule has 0 rings (SSSR count). The molecule has 8 nitrogen and oxygen atoms in total. The number of carbonyl (C=O) groups is 3. The van der Waals surface area contributed by atoms with Crippen LogP contribution < -0.4 is 0 Å². The van der Waals surface area contributed by atoms with Crippen LogP contribution in [0.3, 0.4) is 0 Å². The van der Waals surface area contributed by atoms with Crippen LogP contribution >= 0.6 is 0 Å². The van der Waals surface area contributed by atoms with Crippen molar-refractivity contribution >= 4 is 17.9 Å². The first-order valence-electron chi connectivity index (χ1n) is 27.1. The van der Waals surface area contributed by atoms with E-state index < -0.39 is 18.1 Å². The minimum Gasteiger partial charge on any atom is -0.477 e. The zero-order chi connectivity index (χ0) is 47.0. The van der Waals surface area contributed by atoms with Gasteiger partial charge in [0.05, 0.1) is 34.4 Å². The van der Waals surface area contributed by atoms with Crippen molar-refractivity contribution in [2.24, 2.45) is 0 Å². The number of aliphatic carboxylic acids is 1. The minimum atomic E-state index is -0.876. The highest BCUT2D eigenvalue weighted by atomic mass is 16.6. The highest BCUT2D eigenvalue weighted by molar-refractivity contribution is 5.72. The number of hydrogen-bond acceptors (Lipinski definition) is 6. The van der Waals surface area contributed by atoms with E-state index in [-0.39, 0.29) is 36.2 Å². The number of hydrogen-bond donors (Lipinski definition) is 1. The molecule has 0 radical (unpaired) electrons. The lowest BCUT2D eigenvalue weighted by Gasteiger charge is -2.31. The van der Waals surface area contributed by atoms with Crippen molar-refractivity contribution in [3.63, 3.8) is 0 Å². The van der Waals surface area contributed by atoms with E-state index in [1.54, 1.807) is 0 Å². The van der Waals surface area contributed by atoms with E-state index in [1.165, 1.54) is 154 Å². The summed E-state index contributed by atoms with van der Waals surface area (Å²) in [4.78, 5) is 37.2. The Balaban J connectivity index is 4.21. The molecular formula is C56H104NO7+. The van der Waals surface area contributed by atoms with Gasteiger partial charge in [0.1, 0.15) is 6.61 Å². The van der Waals surface area contributed by atoms with Crippen LogP contribution in [0.15, 0.2) is 36.5 Å². The first-order valence-corrected chi connectivity index (χ1v) is 27.1. The Morgan fingerprint density at radius 1 is 0.469 bits per heavy atom. The molecule has 374 valence electrons. The molecule has 0 fully saturated rings. The Morgan fingerprint density at radius 3 is 1.20 bits per heavy atom. The van der Waals surface area contributed by atoms with Gasteiger partial charge < -0.3 is 23.8 Å². The Morgan fingerprint density at radius 2 is 0.828 bits per heavy atom. The van der Waals surface area contributed by atoms with Crippen LogP contribution in [0.25, 0.3) is 0 Å². The van der Waals surface area contributed by atoms with E-state index in [2.05, 4.69) is 50.3 Å². The van der Waals surface area contributed by atoms with Crippen molar-refractivity contribution in [2.45, 2.75) is 264 Å². The summed E-state index contributed by atoms with van der Waals surface area (Å²) in [6.45, 7) is 4.74. The fourth-order valence-corrected chi connectivity index (χ4v) is 8.15. The molecule has 2 atom stereocenters.